The van der Waals surface area contributed by atoms with Crippen LogP contribution in [0.4, 0.5) is 17.1 Å². The smallest absolute Gasteiger partial charge is 0.120 e. The summed E-state index contributed by atoms with van der Waals surface area (Å²) >= 11 is 0. The summed E-state index contributed by atoms with van der Waals surface area (Å²) in [6.07, 6.45) is 0. The minimum atomic E-state index is 0.694. The van der Waals surface area contributed by atoms with Crippen molar-refractivity contribution >= 4 is 28.0 Å². The molecule has 4 rings (SSSR count). The van der Waals surface area contributed by atoms with Gasteiger partial charge in [-0.15, -0.1) is 0 Å². The number of benzene rings is 3. The van der Waals surface area contributed by atoms with Gasteiger partial charge in [-0.2, -0.15) is 0 Å². The van der Waals surface area contributed by atoms with E-state index < -0.39 is 0 Å². The molecule has 0 spiro atoms. The van der Waals surface area contributed by atoms with Crippen LogP contribution in [-0.4, -0.2) is 12.1 Å². The quantitative estimate of drug-likeness (QED) is 0.499. The summed E-state index contributed by atoms with van der Waals surface area (Å²) < 4.78 is 5.32. The Kier molecular flexibility index (Phi) is 4.15. The van der Waals surface area contributed by atoms with E-state index >= 15 is 0 Å². The Morgan fingerprint density at radius 2 is 1.69 bits per heavy atom. The number of fused-ring (bicyclic) bond motifs is 1. The van der Waals surface area contributed by atoms with Crippen molar-refractivity contribution in [1.82, 2.24) is 4.98 Å². The van der Waals surface area contributed by atoms with Gasteiger partial charge in [-0.1, -0.05) is 42.5 Å². The molecule has 1 aromatic heterocycles. The van der Waals surface area contributed by atoms with Gasteiger partial charge in [-0.05, 0) is 30.3 Å². The van der Waals surface area contributed by atoms with E-state index in [2.05, 4.69) is 17.4 Å². The molecule has 0 aliphatic carbocycles. The van der Waals surface area contributed by atoms with Gasteiger partial charge < -0.3 is 15.8 Å². The van der Waals surface area contributed by atoms with E-state index in [0.717, 1.165) is 39.3 Å². The van der Waals surface area contributed by atoms with Gasteiger partial charge in [0, 0.05) is 28.4 Å². The second-order valence-electron chi connectivity index (χ2n) is 6.02. The fourth-order valence-corrected chi connectivity index (χ4v) is 3.03. The molecule has 0 radical (unpaired) electrons. The number of anilines is 3. The van der Waals surface area contributed by atoms with Crippen molar-refractivity contribution in [3.63, 3.8) is 0 Å². The predicted octanol–water partition coefficient (Wildman–Crippen LogP) is 5.24. The molecule has 0 amide bonds. The predicted molar refractivity (Wildman–Crippen MR) is 108 cm³/mol. The zero-order chi connectivity index (χ0) is 17.9. The van der Waals surface area contributed by atoms with Crippen molar-refractivity contribution in [2.75, 3.05) is 18.2 Å². The van der Waals surface area contributed by atoms with Crippen LogP contribution in [0.1, 0.15) is 0 Å². The van der Waals surface area contributed by atoms with Crippen LogP contribution in [0.3, 0.4) is 0 Å². The number of aromatic nitrogens is 1. The lowest BCUT2D eigenvalue weighted by Gasteiger charge is -2.14. The van der Waals surface area contributed by atoms with Gasteiger partial charge in [0.2, 0.25) is 0 Å². The first-order valence-corrected chi connectivity index (χ1v) is 8.40. The SMILES string of the molecule is COc1cccc(Nc2cc(-c3ccccc3)nc3cccc(N)c23)c1. The molecule has 0 aliphatic heterocycles. The summed E-state index contributed by atoms with van der Waals surface area (Å²) in [5.74, 6) is 0.796. The second kappa shape index (κ2) is 6.76. The number of methoxy groups -OCH3 is 1. The molecule has 3 N–H and O–H groups in total. The van der Waals surface area contributed by atoms with Gasteiger partial charge >= 0.3 is 0 Å². The van der Waals surface area contributed by atoms with E-state index in [1.165, 1.54) is 0 Å². The lowest BCUT2D eigenvalue weighted by molar-refractivity contribution is 0.415. The summed E-state index contributed by atoms with van der Waals surface area (Å²) in [6, 6.07) is 25.8. The van der Waals surface area contributed by atoms with Crippen LogP contribution in [0.2, 0.25) is 0 Å². The third kappa shape index (κ3) is 3.05. The number of nitrogen functional groups attached to an aromatic ring is 1. The highest BCUT2D eigenvalue weighted by atomic mass is 16.5. The Labute approximate surface area is 152 Å². The number of ether oxygens (including phenoxy) is 1. The van der Waals surface area contributed by atoms with Gasteiger partial charge in [0.05, 0.1) is 24.0 Å². The molecule has 4 aromatic rings. The molecular formula is C22H19N3O. The van der Waals surface area contributed by atoms with Crippen molar-refractivity contribution in [3.05, 3.63) is 78.9 Å². The Morgan fingerprint density at radius 3 is 2.50 bits per heavy atom. The highest BCUT2D eigenvalue weighted by Crippen LogP contribution is 2.34. The maximum Gasteiger partial charge on any atom is 0.120 e. The van der Waals surface area contributed by atoms with E-state index in [-0.39, 0.29) is 0 Å². The maximum absolute atomic E-state index is 6.25. The first-order chi connectivity index (χ1) is 12.7. The lowest BCUT2D eigenvalue weighted by Crippen LogP contribution is -1.98. The normalized spacial score (nSPS) is 10.7. The number of pyridine rings is 1. The zero-order valence-corrected chi connectivity index (χ0v) is 14.4. The third-order valence-electron chi connectivity index (χ3n) is 4.28. The highest BCUT2D eigenvalue weighted by Gasteiger charge is 2.10. The number of nitrogens with two attached hydrogens (primary N) is 1. The number of hydrogen-bond donors (Lipinski definition) is 2. The molecule has 0 fully saturated rings. The molecular weight excluding hydrogens is 322 g/mol. The average molecular weight is 341 g/mol. The fourth-order valence-electron chi connectivity index (χ4n) is 3.03. The van der Waals surface area contributed by atoms with Crippen LogP contribution in [0, 0.1) is 0 Å². The minimum Gasteiger partial charge on any atom is -0.497 e. The van der Waals surface area contributed by atoms with Crippen LogP contribution in [-0.2, 0) is 0 Å². The molecule has 0 atom stereocenters. The van der Waals surface area contributed by atoms with Gasteiger partial charge in [0.25, 0.3) is 0 Å². The van der Waals surface area contributed by atoms with Gasteiger partial charge in [-0.25, -0.2) is 4.98 Å². The van der Waals surface area contributed by atoms with Crippen LogP contribution in [0.25, 0.3) is 22.2 Å². The monoisotopic (exact) mass is 341 g/mol. The van der Waals surface area contributed by atoms with E-state index in [9.17, 15) is 0 Å². The molecule has 0 saturated carbocycles. The molecule has 0 saturated heterocycles. The van der Waals surface area contributed by atoms with E-state index in [1.54, 1.807) is 7.11 Å². The summed E-state index contributed by atoms with van der Waals surface area (Å²) in [6.45, 7) is 0. The van der Waals surface area contributed by atoms with E-state index in [0.29, 0.717) is 5.69 Å². The Morgan fingerprint density at radius 1 is 0.885 bits per heavy atom. The summed E-state index contributed by atoms with van der Waals surface area (Å²) in [5.41, 5.74) is 11.6. The zero-order valence-electron chi connectivity index (χ0n) is 14.4. The molecule has 4 heteroatoms. The van der Waals surface area contributed by atoms with Crippen molar-refractivity contribution in [2.24, 2.45) is 0 Å². The average Bonchev–Trinajstić information content (AvgIpc) is 2.68. The largest absolute Gasteiger partial charge is 0.497 e. The van der Waals surface area contributed by atoms with Crippen molar-refractivity contribution < 1.29 is 4.74 Å². The molecule has 0 bridgehead atoms. The third-order valence-corrected chi connectivity index (χ3v) is 4.28. The standard InChI is InChI=1S/C22H19N3O/c1-26-17-10-5-9-16(13-17)24-21-14-20(15-7-3-2-4-8-15)25-19-12-6-11-18(23)22(19)21/h2-14H,23H2,1H3,(H,24,25). The van der Waals surface area contributed by atoms with Gasteiger partial charge in [-0.3, -0.25) is 0 Å². The van der Waals surface area contributed by atoms with Gasteiger partial charge in [0.1, 0.15) is 5.75 Å². The van der Waals surface area contributed by atoms with Crippen LogP contribution in [0.5, 0.6) is 5.75 Å². The summed E-state index contributed by atoms with van der Waals surface area (Å²) in [5, 5.41) is 4.38. The Bertz CT molecular complexity index is 1060. The fraction of sp³-hybridized carbons (Fsp3) is 0.0455. The van der Waals surface area contributed by atoms with Crippen molar-refractivity contribution in [1.29, 1.82) is 0 Å². The topological polar surface area (TPSA) is 60.2 Å². The maximum atomic E-state index is 6.25. The molecule has 128 valence electrons. The second-order valence-corrected chi connectivity index (χ2v) is 6.02. The van der Waals surface area contributed by atoms with E-state index in [1.807, 2.05) is 66.7 Å². The van der Waals surface area contributed by atoms with Crippen LogP contribution in [0.15, 0.2) is 78.9 Å². The lowest BCUT2D eigenvalue weighted by atomic mass is 10.1. The highest BCUT2D eigenvalue weighted by molar-refractivity contribution is 6.03. The molecule has 0 aliphatic rings. The number of hydrogen-bond acceptors (Lipinski definition) is 4. The Balaban J connectivity index is 1.88. The molecule has 0 unspecified atom stereocenters. The van der Waals surface area contributed by atoms with Gasteiger partial charge in [0.15, 0.2) is 0 Å². The summed E-state index contributed by atoms with van der Waals surface area (Å²) in [7, 11) is 1.66. The van der Waals surface area contributed by atoms with Crippen molar-refractivity contribution in [2.45, 2.75) is 0 Å². The first-order valence-electron chi connectivity index (χ1n) is 8.40. The Hall–Kier alpha value is -3.53. The van der Waals surface area contributed by atoms with Crippen LogP contribution < -0.4 is 15.8 Å². The number of nitrogens with zero attached hydrogens (tertiary/aromatic N) is 1. The van der Waals surface area contributed by atoms with Crippen molar-refractivity contribution in [3.8, 4) is 17.0 Å². The molecule has 3 aromatic carbocycles. The summed E-state index contributed by atoms with van der Waals surface area (Å²) in [4.78, 5) is 4.80. The molecule has 26 heavy (non-hydrogen) atoms. The minimum absolute atomic E-state index is 0.694. The first kappa shape index (κ1) is 16.0. The van der Waals surface area contributed by atoms with Crippen LogP contribution >= 0.6 is 0 Å². The van der Waals surface area contributed by atoms with E-state index in [4.69, 9.17) is 15.5 Å². The number of nitrogens with one attached hydrogen (secondary N) is 1. The number of rotatable bonds is 4. The molecule has 4 nitrogen and oxygen atoms in total. The molecule has 1 heterocycles.